The largest absolute Gasteiger partial charge is 0.387 e. The van der Waals surface area contributed by atoms with E-state index in [4.69, 9.17) is 0 Å². The van der Waals surface area contributed by atoms with Crippen molar-refractivity contribution in [2.75, 3.05) is 25.0 Å². The van der Waals surface area contributed by atoms with Gasteiger partial charge in [0, 0.05) is 37.4 Å². The number of nitrogens with zero attached hydrogens (tertiary/aromatic N) is 2. The molecule has 1 unspecified atom stereocenters. The summed E-state index contributed by atoms with van der Waals surface area (Å²) in [4.78, 5) is 6.48. The zero-order chi connectivity index (χ0) is 19.0. The third-order valence-electron chi connectivity index (χ3n) is 4.97. The maximum atomic E-state index is 12.7. The van der Waals surface area contributed by atoms with Crippen molar-refractivity contribution in [1.82, 2.24) is 9.71 Å². The van der Waals surface area contributed by atoms with Crippen molar-refractivity contribution >= 4 is 26.6 Å². The molecule has 140 valence electrons. The second-order valence-corrected chi connectivity index (χ2v) is 8.49. The van der Waals surface area contributed by atoms with E-state index in [0.717, 1.165) is 24.0 Å². The van der Waals surface area contributed by atoms with Gasteiger partial charge in [-0.05, 0) is 35.7 Å². The van der Waals surface area contributed by atoms with Crippen LogP contribution in [0.4, 0.5) is 5.69 Å². The Morgan fingerprint density at radius 3 is 2.89 bits per heavy atom. The number of fused-ring (bicyclic) bond motifs is 2. The van der Waals surface area contributed by atoms with Gasteiger partial charge in [0.2, 0.25) is 10.0 Å². The predicted molar refractivity (Wildman–Crippen MR) is 105 cm³/mol. The van der Waals surface area contributed by atoms with Crippen LogP contribution in [-0.2, 0) is 16.4 Å². The van der Waals surface area contributed by atoms with Gasteiger partial charge in [-0.25, -0.2) is 13.1 Å². The summed E-state index contributed by atoms with van der Waals surface area (Å²) in [5, 5.41) is 11.2. The molecule has 0 bridgehead atoms. The van der Waals surface area contributed by atoms with Crippen molar-refractivity contribution in [3.63, 3.8) is 0 Å². The Morgan fingerprint density at radius 2 is 2.04 bits per heavy atom. The van der Waals surface area contributed by atoms with Crippen molar-refractivity contribution in [3.8, 4) is 0 Å². The number of likely N-dealkylation sites (N-methyl/N-ethyl adjacent to an activating group) is 1. The molecule has 2 N–H and O–H groups in total. The number of benzene rings is 2. The van der Waals surface area contributed by atoms with Crippen molar-refractivity contribution in [3.05, 3.63) is 65.9 Å². The molecule has 2 heterocycles. The van der Waals surface area contributed by atoms with Crippen LogP contribution in [-0.4, -0.2) is 38.6 Å². The number of hydrogen-bond acceptors (Lipinski definition) is 5. The number of aliphatic hydroxyl groups excluding tert-OH is 1. The summed E-state index contributed by atoms with van der Waals surface area (Å²) in [5.41, 5.74) is 3.47. The third kappa shape index (κ3) is 3.41. The maximum Gasteiger partial charge on any atom is 0.242 e. The van der Waals surface area contributed by atoms with Crippen LogP contribution in [0.15, 0.2) is 59.6 Å². The standard InChI is InChI=1S/C20H21N3O3S/c1-23-11-9-15-12-16(7-8-17(15)23)18(24)13-22-27(25,26)19-6-2-4-14-5-3-10-21-20(14)19/h2-8,10,12,18,22,24H,9,11,13H2,1H3. The first-order valence-corrected chi connectivity index (χ1v) is 10.3. The topological polar surface area (TPSA) is 82.5 Å². The lowest BCUT2D eigenvalue weighted by molar-refractivity contribution is 0.182. The van der Waals surface area contributed by atoms with Gasteiger partial charge >= 0.3 is 0 Å². The summed E-state index contributed by atoms with van der Waals surface area (Å²) in [6.45, 7) is 0.857. The average molecular weight is 383 g/mol. The molecule has 3 aromatic rings. The molecular weight excluding hydrogens is 362 g/mol. The lowest BCUT2D eigenvalue weighted by atomic mass is 10.0. The van der Waals surface area contributed by atoms with Gasteiger partial charge in [-0.3, -0.25) is 4.98 Å². The minimum absolute atomic E-state index is 0.0970. The summed E-state index contributed by atoms with van der Waals surface area (Å²) < 4.78 is 28.0. The summed E-state index contributed by atoms with van der Waals surface area (Å²) in [7, 11) is -1.75. The number of nitrogens with one attached hydrogen (secondary N) is 1. The molecule has 0 aliphatic carbocycles. The van der Waals surface area contributed by atoms with Crippen LogP contribution >= 0.6 is 0 Å². The molecule has 0 spiro atoms. The number of aromatic nitrogens is 1. The van der Waals surface area contributed by atoms with E-state index in [0.29, 0.717) is 11.1 Å². The number of anilines is 1. The number of aliphatic hydroxyl groups is 1. The van der Waals surface area contributed by atoms with Crippen LogP contribution in [0, 0.1) is 0 Å². The van der Waals surface area contributed by atoms with Crippen molar-refractivity contribution < 1.29 is 13.5 Å². The second kappa shape index (κ2) is 6.92. The number of para-hydroxylation sites is 1. The van der Waals surface area contributed by atoms with Crippen LogP contribution in [0.25, 0.3) is 10.9 Å². The fraction of sp³-hybridized carbons (Fsp3) is 0.250. The minimum Gasteiger partial charge on any atom is -0.387 e. The van der Waals surface area contributed by atoms with Crippen molar-refractivity contribution in [1.29, 1.82) is 0 Å². The number of rotatable bonds is 5. The zero-order valence-corrected chi connectivity index (χ0v) is 15.8. The van der Waals surface area contributed by atoms with E-state index >= 15 is 0 Å². The highest BCUT2D eigenvalue weighted by molar-refractivity contribution is 7.89. The first kappa shape index (κ1) is 17.9. The second-order valence-electron chi connectivity index (χ2n) is 6.76. The lowest BCUT2D eigenvalue weighted by Gasteiger charge is -2.16. The average Bonchev–Trinajstić information content (AvgIpc) is 3.06. The molecule has 0 saturated heterocycles. The lowest BCUT2D eigenvalue weighted by Crippen LogP contribution is -2.28. The zero-order valence-electron chi connectivity index (χ0n) is 15.0. The van der Waals surface area contributed by atoms with Gasteiger partial charge < -0.3 is 10.0 Å². The Bertz CT molecular complexity index is 1090. The summed E-state index contributed by atoms with van der Waals surface area (Å²) >= 11 is 0. The Labute approximate surface area is 158 Å². The van der Waals surface area contributed by atoms with Gasteiger partial charge in [-0.15, -0.1) is 0 Å². The van der Waals surface area contributed by atoms with Gasteiger partial charge in [0.25, 0.3) is 0 Å². The normalized spacial score (nSPS) is 15.1. The molecule has 7 heteroatoms. The van der Waals surface area contributed by atoms with Crippen molar-refractivity contribution in [2.24, 2.45) is 0 Å². The van der Waals surface area contributed by atoms with Crippen LogP contribution < -0.4 is 9.62 Å². The van der Waals surface area contributed by atoms with Gasteiger partial charge in [0.05, 0.1) is 11.6 Å². The van der Waals surface area contributed by atoms with E-state index in [9.17, 15) is 13.5 Å². The first-order chi connectivity index (χ1) is 13.0. The molecule has 1 aliphatic heterocycles. The van der Waals surface area contributed by atoms with Gasteiger partial charge in [-0.2, -0.15) is 0 Å². The van der Waals surface area contributed by atoms with E-state index < -0.39 is 16.1 Å². The summed E-state index contributed by atoms with van der Waals surface area (Å²) in [6.07, 6.45) is 1.58. The Morgan fingerprint density at radius 1 is 1.22 bits per heavy atom. The number of hydrogen-bond donors (Lipinski definition) is 2. The van der Waals surface area contributed by atoms with Gasteiger partial charge in [0.1, 0.15) is 4.90 Å². The molecule has 0 amide bonds. The molecule has 1 aliphatic rings. The molecule has 0 radical (unpaired) electrons. The van der Waals surface area contributed by atoms with Crippen LogP contribution in [0.2, 0.25) is 0 Å². The van der Waals surface area contributed by atoms with Gasteiger partial charge in [-0.1, -0.05) is 30.3 Å². The van der Waals surface area contributed by atoms with Crippen LogP contribution in [0.1, 0.15) is 17.2 Å². The fourth-order valence-corrected chi connectivity index (χ4v) is 4.69. The number of sulfonamides is 1. The highest BCUT2D eigenvalue weighted by Crippen LogP contribution is 2.29. The van der Waals surface area contributed by atoms with E-state index in [-0.39, 0.29) is 11.4 Å². The fourth-order valence-electron chi connectivity index (χ4n) is 3.47. The molecular formula is C20H21N3O3S. The van der Waals surface area contributed by atoms with Crippen LogP contribution in [0.3, 0.4) is 0 Å². The molecule has 0 fully saturated rings. The molecule has 1 atom stereocenters. The smallest absolute Gasteiger partial charge is 0.242 e. The monoisotopic (exact) mass is 383 g/mol. The minimum atomic E-state index is -3.79. The SMILES string of the molecule is CN1CCc2cc(C(O)CNS(=O)(=O)c3cccc4cccnc34)ccc21. The molecule has 6 nitrogen and oxygen atoms in total. The van der Waals surface area contributed by atoms with E-state index in [2.05, 4.69) is 14.6 Å². The van der Waals surface area contributed by atoms with E-state index in [1.807, 2.05) is 37.4 Å². The molecule has 1 aromatic heterocycles. The van der Waals surface area contributed by atoms with Crippen molar-refractivity contribution in [2.45, 2.75) is 17.4 Å². The molecule has 27 heavy (non-hydrogen) atoms. The third-order valence-corrected chi connectivity index (χ3v) is 6.42. The quantitative estimate of drug-likeness (QED) is 0.706. The molecule has 4 rings (SSSR count). The number of pyridine rings is 1. The maximum absolute atomic E-state index is 12.7. The van der Waals surface area contributed by atoms with E-state index in [1.165, 1.54) is 11.6 Å². The highest BCUT2D eigenvalue weighted by Gasteiger charge is 2.21. The molecule has 2 aromatic carbocycles. The van der Waals surface area contributed by atoms with Crippen LogP contribution in [0.5, 0.6) is 0 Å². The highest BCUT2D eigenvalue weighted by atomic mass is 32.2. The van der Waals surface area contributed by atoms with E-state index in [1.54, 1.807) is 18.3 Å². The molecule has 0 saturated carbocycles. The summed E-state index contributed by atoms with van der Waals surface area (Å²) in [5.74, 6) is 0. The predicted octanol–water partition coefficient (Wildman–Crippen LogP) is 2.24. The Hall–Kier alpha value is -2.48. The first-order valence-electron chi connectivity index (χ1n) is 8.81. The van der Waals surface area contributed by atoms with Gasteiger partial charge in [0.15, 0.2) is 0 Å². The Kier molecular flexibility index (Phi) is 4.59. The Balaban J connectivity index is 1.54. The summed E-state index contributed by atoms with van der Waals surface area (Å²) in [6, 6.07) is 14.4.